The minimum Gasteiger partial charge on any atom is -0.339 e. The van der Waals surface area contributed by atoms with Crippen molar-refractivity contribution >= 4 is 32.9 Å². The molecule has 0 unspecified atom stereocenters. The number of hydrogen-bond donors (Lipinski definition) is 1. The first-order chi connectivity index (χ1) is 12.0. The number of aromatic nitrogens is 2. The highest BCUT2D eigenvalue weighted by Gasteiger charge is 2.13. The van der Waals surface area contributed by atoms with Crippen molar-refractivity contribution in [1.82, 2.24) is 9.97 Å². The third-order valence-electron chi connectivity index (χ3n) is 3.47. The molecule has 7 heteroatoms. The van der Waals surface area contributed by atoms with Gasteiger partial charge in [0.1, 0.15) is 11.3 Å². The molecule has 0 radical (unpaired) electrons. The summed E-state index contributed by atoms with van der Waals surface area (Å²) in [5, 5.41) is 3.46. The van der Waals surface area contributed by atoms with Gasteiger partial charge in [0.25, 0.3) is 0 Å². The molecule has 0 amide bonds. The van der Waals surface area contributed by atoms with Crippen LogP contribution in [-0.2, 0) is 21.3 Å². The first kappa shape index (κ1) is 17.4. The molecule has 1 N–H and O–H groups in total. The topological polar surface area (TPSA) is 72.0 Å². The van der Waals surface area contributed by atoms with Gasteiger partial charge in [0.15, 0.2) is 15.7 Å². The van der Waals surface area contributed by atoms with Crippen LogP contribution in [0.25, 0.3) is 0 Å². The van der Waals surface area contributed by atoms with Crippen LogP contribution in [0, 0.1) is 0 Å². The zero-order valence-electron chi connectivity index (χ0n) is 13.3. The maximum absolute atomic E-state index is 12.4. The zero-order chi connectivity index (χ0) is 17.7. The van der Waals surface area contributed by atoms with Crippen molar-refractivity contribution in [2.24, 2.45) is 0 Å². The molecule has 0 fully saturated rings. The van der Waals surface area contributed by atoms with Crippen LogP contribution in [0.4, 0.5) is 11.5 Å². The van der Waals surface area contributed by atoms with Crippen molar-refractivity contribution < 1.29 is 8.42 Å². The lowest BCUT2D eigenvalue weighted by molar-refractivity contribution is 0.594. The van der Waals surface area contributed by atoms with E-state index in [4.69, 9.17) is 11.6 Å². The number of sulfone groups is 1. The number of hydrogen-bond acceptors (Lipinski definition) is 5. The van der Waals surface area contributed by atoms with E-state index in [0.29, 0.717) is 22.1 Å². The van der Waals surface area contributed by atoms with Crippen LogP contribution < -0.4 is 5.32 Å². The summed E-state index contributed by atoms with van der Waals surface area (Å²) in [5.41, 5.74) is 2.20. The van der Waals surface area contributed by atoms with Gasteiger partial charge in [0.2, 0.25) is 0 Å². The molecule has 0 bridgehead atoms. The molecule has 128 valence electrons. The van der Waals surface area contributed by atoms with Gasteiger partial charge in [-0.05, 0) is 23.3 Å². The fourth-order valence-electron chi connectivity index (χ4n) is 2.41. The van der Waals surface area contributed by atoms with E-state index in [1.54, 1.807) is 18.2 Å². The third-order valence-corrected chi connectivity index (χ3v) is 5.30. The first-order valence-corrected chi connectivity index (χ1v) is 9.78. The summed E-state index contributed by atoms with van der Waals surface area (Å²) in [5.74, 6) is 0.457. The highest BCUT2D eigenvalue weighted by Crippen LogP contribution is 2.23. The number of rotatable bonds is 6. The maximum atomic E-state index is 12.4. The Morgan fingerprint density at radius 3 is 2.44 bits per heavy atom. The molecule has 0 spiro atoms. The Kier molecular flexibility index (Phi) is 5.31. The minimum atomic E-state index is -3.26. The molecular formula is C18H16ClN3O2S. The average molecular weight is 374 g/mol. The molecule has 0 saturated heterocycles. The van der Waals surface area contributed by atoms with Crippen LogP contribution in [-0.4, -0.2) is 18.4 Å². The van der Waals surface area contributed by atoms with Crippen molar-refractivity contribution in [2.45, 2.75) is 11.5 Å². The van der Waals surface area contributed by atoms with E-state index < -0.39 is 9.84 Å². The molecule has 5 nitrogen and oxygen atoms in total. The van der Waals surface area contributed by atoms with Gasteiger partial charge in [-0.2, -0.15) is 0 Å². The second-order valence-electron chi connectivity index (χ2n) is 5.56. The van der Waals surface area contributed by atoms with E-state index in [9.17, 15) is 8.42 Å². The number of nitrogens with zero attached hydrogens (tertiary/aromatic N) is 2. The van der Waals surface area contributed by atoms with Crippen molar-refractivity contribution in [3.8, 4) is 0 Å². The van der Waals surface area contributed by atoms with Gasteiger partial charge >= 0.3 is 0 Å². The Hall–Kier alpha value is -2.44. The van der Waals surface area contributed by atoms with Gasteiger partial charge in [-0.25, -0.2) is 18.4 Å². The summed E-state index contributed by atoms with van der Waals surface area (Å²) in [6.07, 6.45) is 2.88. The zero-order valence-corrected chi connectivity index (χ0v) is 14.8. The summed E-state index contributed by atoms with van der Waals surface area (Å²) >= 11 is 6.03. The highest BCUT2D eigenvalue weighted by molar-refractivity contribution is 7.89. The smallest absolute Gasteiger partial charge is 0.158 e. The SMILES string of the molecule is O=S(=O)(Cc1ccccc1)Cc1cccc(Nc2ncncc2Cl)c1. The van der Waals surface area contributed by atoms with Crippen LogP contribution in [0.2, 0.25) is 5.02 Å². The van der Waals surface area contributed by atoms with E-state index in [-0.39, 0.29) is 11.5 Å². The fourth-order valence-corrected chi connectivity index (χ4v) is 4.06. The minimum absolute atomic E-state index is 0.0171. The van der Waals surface area contributed by atoms with Crippen LogP contribution in [0.15, 0.2) is 67.1 Å². The quantitative estimate of drug-likeness (QED) is 0.707. The van der Waals surface area contributed by atoms with E-state index in [0.717, 1.165) is 5.56 Å². The third kappa shape index (κ3) is 5.01. The molecule has 25 heavy (non-hydrogen) atoms. The second kappa shape index (κ2) is 7.63. The molecule has 2 aromatic carbocycles. The number of benzene rings is 2. The van der Waals surface area contributed by atoms with E-state index >= 15 is 0 Å². The average Bonchev–Trinajstić information content (AvgIpc) is 2.57. The van der Waals surface area contributed by atoms with Crippen LogP contribution in [0.1, 0.15) is 11.1 Å². The Morgan fingerprint density at radius 1 is 0.960 bits per heavy atom. The largest absolute Gasteiger partial charge is 0.339 e. The molecule has 0 atom stereocenters. The lowest BCUT2D eigenvalue weighted by Crippen LogP contribution is -2.08. The lowest BCUT2D eigenvalue weighted by atomic mass is 10.2. The standard InChI is InChI=1S/C18H16ClN3O2S/c19-17-10-20-13-21-18(17)22-16-8-4-7-15(9-16)12-25(23,24)11-14-5-2-1-3-6-14/h1-10,13H,11-12H2,(H,20,21,22). The Labute approximate surface area is 151 Å². The Balaban J connectivity index is 1.74. The second-order valence-corrected chi connectivity index (χ2v) is 8.03. The predicted molar refractivity (Wildman–Crippen MR) is 99.5 cm³/mol. The maximum Gasteiger partial charge on any atom is 0.158 e. The van der Waals surface area contributed by atoms with Gasteiger partial charge in [-0.3, -0.25) is 0 Å². The summed E-state index contributed by atoms with van der Waals surface area (Å²) in [7, 11) is -3.26. The molecule has 3 rings (SSSR count). The van der Waals surface area contributed by atoms with Gasteiger partial charge in [0.05, 0.1) is 17.7 Å². The monoisotopic (exact) mass is 373 g/mol. The predicted octanol–water partition coefficient (Wildman–Crippen LogP) is 3.99. The van der Waals surface area contributed by atoms with Crippen LogP contribution in [0.5, 0.6) is 0 Å². The van der Waals surface area contributed by atoms with Crippen LogP contribution in [0.3, 0.4) is 0 Å². The van der Waals surface area contributed by atoms with E-state index in [2.05, 4.69) is 15.3 Å². The summed E-state index contributed by atoms with van der Waals surface area (Å²) < 4.78 is 24.9. The number of nitrogens with one attached hydrogen (secondary N) is 1. The van der Waals surface area contributed by atoms with Crippen molar-refractivity contribution in [2.75, 3.05) is 5.32 Å². The molecule has 3 aromatic rings. The summed E-state index contributed by atoms with van der Waals surface area (Å²) in [4.78, 5) is 7.89. The first-order valence-electron chi connectivity index (χ1n) is 7.58. The molecular weight excluding hydrogens is 358 g/mol. The molecule has 0 aliphatic carbocycles. The molecule has 0 aliphatic heterocycles. The molecule has 1 heterocycles. The lowest BCUT2D eigenvalue weighted by Gasteiger charge is -2.09. The Morgan fingerprint density at radius 2 is 1.68 bits per heavy atom. The number of halogens is 1. The highest BCUT2D eigenvalue weighted by atomic mass is 35.5. The van der Waals surface area contributed by atoms with Gasteiger partial charge in [0, 0.05) is 5.69 Å². The molecule has 1 aromatic heterocycles. The van der Waals surface area contributed by atoms with E-state index in [1.807, 2.05) is 36.4 Å². The van der Waals surface area contributed by atoms with Crippen LogP contribution >= 0.6 is 11.6 Å². The molecule has 0 saturated carbocycles. The summed E-state index contributed by atoms with van der Waals surface area (Å²) in [6.45, 7) is 0. The normalized spacial score (nSPS) is 11.2. The fraction of sp³-hybridized carbons (Fsp3) is 0.111. The van der Waals surface area contributed by atoms with Crippen molar-refractivity contribution in [3.05, 3.63) is 83.3 Å². The Bertz CT molecular complexity index is 963. The number of anilines is 2. The van der Waals surface area contributed by atoms with Gasteiger partial charge < -0.3 is 5.32 Å². The van der Waals surface area contributed by atoms with E-state index in [1.165, 1.54) is 12.5 Å². The van der Waals surface area contributed by atoms with Gasteiger partial charge in [-0.1, -0.05) is 54.1 Å². The van der Waals surface area contributed by atoms with Gasteiger partial charge in [-0.15, -0.1) is 0 Å². The summed E-state index contributed by atoms with van der Waals surface area (Å²) in [6, 6.07) is 16.3. The van der Waals surface area contributed by atoms with Crippen molar-refractivity contribution in [1.29, 1.82) is 0 Å². The molecule has 0 aliphatic rings. The van der Waals surface area contributed by atoms with Crippen molar-refractivity contribution in [3.63, 3.8) is 0 Å².